The van der Waals surface area contributed by atoms with Crippen molar-refractivity contribution in [2.75, 3.05) is 12.4 Å². The normalized spacial score (nSPS) is 8.82. The Bertz CT molecular complexity index is 297. The zero-order chi connectivity index (χ0) is 8.27. The number of anilines is 1. The molecule has 1 aromatic rings. The number of rotatable bonds is 1. The van der Waals surface area contributed by atoms with Gasteiger partial charge < -0.3 is 5.32 Å². The summed E-state index contributed by atoms with van der Waals surface area (Å²) < 4.78 is 0. The summed E-state index contributed by atoms with van der Waals surface area (Å²) in [6.45, 7) is 1.94. The summed E-state index contributed by atoms with van der Waals surface area (Å²) in [5.41, 5.74) is 2.76. The molecule has 0 amide bonds. The van der Waals surface area contributed by atoms with Crippen LogP contribution in [0.15, 0.2) is 12.3 Å². The van der Waals surface area contributed by atoms with E-state index in [0.29, 0.717) is 0 Å². The highest BCUT2D eigenvalue weighted by molar-refractivity contribution is 5.51. The maximum atomic E-state index is 5.21. The lowest BCUT2D eigenvalue weighted by atomic mass is 10.2. The van der Waals surface area contributed by atoms with Gasteiger partial charge in [0.25, 0.3) is 0 Å². The second-order valence-corrected chi connectivity index (χ2v) is 2.25. The molecule has 2 heteroatoms. The zero-order valence-electron chi connectivity index (χ0n) is 6.68. The van der Waals surface area contributed by atoms with Gasteiger partial charge in [-0.25, -0.2) is 0 Å². The molecule has 56 valence electrons. The Morgan fingerprint density at radius 1 is 1.64 bits per heavy atom. The molecule has 1 aromatic heterocycles. The summed E-state index contributed by atoms with van der Waals surface area (Å²) in [5.74, 6) is 2.53. The first kappa shape index (κ1) is 7.62. The third-order valence-corrected chi connectivity index (χ3v) is 1.52. The van der Waals surface area contributed by atoms with Crippen molar-refractivity contribution in [2.24, 2.45) is 0 Å². The molecule has 2 nitrogen and oxygen atoms in total. The topological polar surface area (TPSA) is 24.9 Å². The van der Waals surface area contributed by atoms with E-state index in [1.807, 2.05) is 20.0 Å². The number of pyridine rings is 1. The van der Waals surface area contributed by atoms with Crippen LogP contribution in [0.4, 0.5) is 5.69 Å². The number of aromatic nitrogens is 1. The van der Waals surface area contributed by atoms with Gasteiger partial charge in [-0.05, 0) is 13.0 Å². The van der Waals surface area contributed by atoms with Crippen LogP contribution in [0.2, 0.25) is 0 Å². The van der Waals surface area contributed by atoms with Crippen LogP contribution in [0.3, 0.4) is 0 Å². The van der Waals surface area contributed by atoms with Gasteiger partial charge in [0, 0.05) is 18.8 Å². The van der Waals surface area contributed by atoms with Crippen molar-refractivity contribution >= 4 is 5.69 Å². The number of hydrogen-bond acceptors (Lipinski definition) is 2. The molecule has 0 radical (unpaired) electrons. The molecule has 0 aliphatic rings. The molecule has 0 spiro atoms. The largest absolute Gasteiger partial charge is 0.387 e. The average molecular weight is 146 g/mol. The lowest BCUT2D eigenvalue weighted by Gasteiger charge is -2.02. The van der Waals surface area contributed by atoms with E-state index in [1.54, 1.807) is 6.20 Å². The van der Waals surface area contributed by atoms with E-state index < -0.39 is 0 Å². The Morgan fingerprint density at radius 2 is 2.36 bits per heavy atom. The summed E-state index contributed by atoms with van der Waals surface area (Å²) in [6, 6.07) is 1.91. The average Bonchev–Trinajstić information content (AvgIpc) is 2.05. The Balaban J connectivity index is 3.15. The van der Waals surface area contributed by atoms with E-state index in [1.165, 1.54) is 0 Å². The quantitative estimate of drug-likeness (QED) is 0.606. The van der Waals surface area contributed by atoms with Gasteiger partial charge in [0.1, 0.15) is 0 Å². The van der Waals surface area contributed by atoms with E-state index in [0.717, 1.165) is 16.9 Å². The fourth-order valence-corrected chi connectivity index (χ4v) is 0.865. The first-order chi connectivity index (χ1) is 5.27. The lowest BCUT2D eigenvalue weighted by Crippen LogP contribution is -1.94. The standard InChI is InChI=1S/C9H10N2/c1-4-8-5-9(10-3)7(2)11-6-8/h1,5-6,10H,2-3H3. The van der Waals surface area contributed by atoms with E-state index in [-0.39, 0.29) is 0 Å². The maximum Gasteiger partial charge on any atom is 0.0604 e. The second-order valence-electron chi connectivity index (χ2n) is 2.25. The van der Waals surface area contributed by atoms with Crippen molar-refractivity contribution in [3.8, 4) is 12.3 Å². The van der Waals surface area contributed by atoms with E-state index in [2.05, 4.69) is 16.2 Å². The van der Waals surface area contributed by atoms with Crippen LogP contribution < -0.4 is 5.32 Å². The monoisotopic (exact) mass is 146 g/mol. The molecule has 1 heterocycles. The summed E-state index contributed by atoms with van der Waals surface area (Å²) in [6.07, 6.45) is 6.90. The third-order valence-electron chi connectivity index (χ3n) is 1.52. The van der Waals surface area contributed by atoms with Gasteiger partial charge in [0.05, 0.1) is 11.4 Å². The second kappa shape index (κ2) is 3.07. The fourth-order valence-electron chi connectivity index (χ4n) is 0.865. The SMILES string of the molecule is C#Cc1cnc(C)c(NC)c1. The van der Waals surface area contributed by atoms with Crippen molar-refractivity contribution < 1.29 is 0 Å². The van der Waals surface area contributed by atoms with Gasteiger partial charge in [-0.3, -0.25) is 4.98 Å². The Hall–Kier alpha value is -1.49. The fraction of sp³-hybridized carbons (Fsp3) is 0.222. The van der Waals surface area contributed by atoms with Gasteiger partial charge in [-0.15, -0.1) is 6.42 Å². The molecule has 0 bridgehead atoms. The minimum absolute atomic E-state index is 0.806. The summed E-state index contributed by atoms with van der Waals surface area (Å²) >= 11 is 0. The van der Waals surface area contributed by atoms with Crippen LogP contribution in [0.5, 0.6) is 0 Å². The van der Waals surface area contributed by atoms with E-state index in [9.17, 15) is 0 Å². The van der Waals surface area contributed by atoms with Gasteiger partial charge >= 0.3 is 0 Å². The highest BCUT2D eigenvalue weighted by Gasteiger charge is 1.96. The predicted molar refractivity (Wildman–Crippen MR) is 46.5 cm³/mol. The molecule has 0 aliphatic heterocycles. The molecule has 0 fully saturated rings. The van der Waals surface area contributed by atoms with Gasteiger partial charge in [0.2, 0.25) is 0 Å². The Labute approximate surface area is 66.7 Å². The number of hydrogen-bond donors (Lipinski definition) is 1. The molecule has 1 N–H and O–H groups in total. The minimum Gasteiger partial charge on any atom is -0.387 e. The van der Waals surface area contributed by atoms with Crippen molar-refractivity contribution in [2.45, 2.75) is 6.92 Å². The van der Waals surface area contributed by atoms with Crippen LogP contribution in [-0.4, -0.2) is 12.0 Å². The molecule has 0 aliphatic carbocycles. The van der Waals surface area contributed by atoms with Crippen molar-refractivity contribution in [1.82, 2.24) is 4.98 Å². The molecule has 0 aromatic carbocycles. The highest BCUT2D eigenvalue weighted by atomic mass is 14.9. The molecule has 0 saturated heterocycles. The lowest BCUT2D eigenvalue weighted by molar-refractivity contribution is 1.18. The molecule has 0 saturated carbocycles. The maximum absolute atomic E-state index is 5.21. The van der Waals surface area contributed by atoms with Crippen LogP contribution in [0.25, 0.3) is 0 Å². The van der Waals surface area contributed by atoms with Gasteiger partial charge in [0.15, 0.2) is 0 Å². The number of terminal acetylenes is 1. The molecule has 11 heavy (non-hydrogen) atoms. The summed E-state index contributed by atoms with van der Waals surface area (Å²) in [4.78, 5) is 4.12. The van der Waals surface area contributed by atoms with Gasteiger partial charge in [-0.1, -0.05) is 5.92 Å². The van der Waals surface area contributed by atoms with Crippen molar-refractivity contribution in [3.63, 3.8) is 0 Å². The number of aryl methyl sites for hydroxylation is 1. The molecular weight excluding hydrogens is 136 g/mol. The predicted octanol–water partition coefficient (Wildman–Crippen LogP) is 1.41. The summed E-state index contributed by atoms with van der Waals surface area (Å²) in [5, 5.41) is 3.01. The van der Waals surface area contributed by atoms with Crippen LogP contribution in [0.1, 0.15) is 11.3 Å². The van der Waals surface area contributed by atoms with Crippen LogP contribution in [-0.2, 0) is 0 Å². The molecule has 0 atom stereocenters. The van der Waals surface area contributed by atoms with Crippen LogP contribution >= 0.6 is 0 Å². The van der Waals surface area contributed by atoms with Crippen molar-refractivity contribution in [3.05, 3.63) is 23.5 Å². The summed E-state index contributed by atoms with van der Waals surface area (Å²) in [7, 11) is 1.85. The molecule has 0 unspecified atom stereocenters. The minimum atomic E-state index is 0.806. The van der Waals surface area contributed by atoms with E-state index >= 15 is 0 Å². The molecule has 1 rings (SSSR count). The smallest absolute Gasteiger partial charge is 0.0604 e. The van der Waals surface area contributed by atoms with Crippen LogP contribution in [0, 0.1) is 19.3 Å². The highest BCUT2D eigenvalue weighted by Crippen LogP contribution is 2.11. The Kier molecular flexibility index (Phi) is 2.12. The number of nitrogens with one attached hydrogen (secondary N) is 1. The Morgan fingerprint density at radius 3 is 2.91 bits per heavy atom. The van der Waals surface area contributed by atoms with Gasteiger partial charge in [-0.2, -0.15) is 0 Å². The zero-order valence-corrected chi connectivity index (χ0v) is 6.68. The molecular formula is C9H10N2. The van der Waals surface area contributed by atoms with E-state index in [4.69, 9.17) is 6.42 Å². The number of nitrogens with zero attached hydrogens (tertiary/aromatic N) is 1. The van der Waals surface area contributed by atoms with Crippen molar-refractivity contribution in [1.29, 1.82) is 0 Å². The first-order valence-electron chi connectivity index (χ1n) is 3.39. The third kappa shape index (κ3) is 1.50. The first-order valence-corrected chi connectivity index (χ1v) is 3.39.